The number of aromatic nitrogens is 3. The Bertz CT molecular complexity index is 879. The highest BCUT2D eigenvalue weighted by Gasteiger charge is 2.22. The molecule has 0 spiro atoms. The van der Waals surface area contributed by atoms with Crippen molar-refractivity contribution in [2.45, 2.75) is 19.4 Å². The fourth-order valence-corrected chi connectivity index (χ4v) is 3.08. The predicted molar refractivity (Wildman–Crippen MR) is 96.1 cm³/mol. The van der Waals surface area contributed by atoms with Crippen LogP contribution in [0.3, 0.4) is 0 Å². The van der Waals surface area contributed by atoms with Crippen molar-refractivity contribution in [2.24, 2.45) is 0 Å². The highest BCUT2D eigenvalue weighted by molar-refractivity contribution is 6.28. The third-order valence-corrected chi connectivity index (χ3v) is 4.25. The number of para-hydroxylation sites is 1. The Hall–Kier alpha value is -2.47. The van der Waals surface area contributed by atoms with Crippen LogP contribution in [-0.4, -0.2) is 34.1 Å². The molecule has 6 nitrogen and oxygen atoms in total. The van der Waals surface area contributed by atoms with E-state index in [1.165, 1.54) is 10.9 Å². The number of nitrogens with one attached hydrogen (secondary N) is 3. The van der Waals surface area contributed by atoms with Crippen molar-refractivity contribution >= 4 is 34.1 Å². The molecule has 3 heterocycles. The van der Waals surface area contributed by atoms with Crippen LogP contribution in [0.4, 0.5) is 11.6 Å². The van der Waals surface area contributed by atoms with Crippen molar-refractivity contribution in [3.63, 3.8) is 0 Å². The van der Waals surface area contributed by atoms with Gasteiger partial charge in [0.1, 0.15) is 6.10 Å². The SMILES string of the molecule is C[C@H]1CNc2nc(Cl)nc(NCCc3c[nH]c4ccccc34)c2O1. The monoisotopic (exact) mass is 343 g/mol. The maximum atomic E-state index is 6.01. The van der Waals surface area contributed by atoms with Gasteiger partial charge in [0.05, 0.1) is 6.54 Å². The summed E-state index contributed by atoms with van der Waals surface area (Å²) in [7, 11) is 0. The highest BCUT2D eigenvalue weighted by atomic mass is 35.5. The number of fused-ring (bicyclic) bond motifs is 2. The Morgan fingerprint density at radius 2 is 2.21 bits per heavy atom. The Balaban J connectivity index is 1.51. The molecule has 1 aromatic carbocycles. The van der Waals surface area contributed by atoms with E-state index in [0.29, 0.717) is 23.9 Å². The Morgan fingerprint density at radius 3 is 3.12 bits per heavy atom. The van der Waals surface area contributed by atoms with Gasteiger partial charge in [-0.25, -0.2) is 0 Å². The largest absolute Gasteiger partial charge is 0.482 e. The number of halogens is 1. The van der Waals surface area contributed by atoms with E-state index < -0.39 is 0 Å². The predicted octanol–water partition coefficient (Wildman–Crippen LogP) is 3.46. The van der Waals surface area contributed by atoms with Crippen LogP contribution < -0.4 is 15.4 Å². The second-order valence-electron chi connectivity index (χ2n) is 5.86. The number of hydrogen-bond acceptors (Lipinski definition) is 5. The molecule has 124 valence electrons. The fraction of sp³-hybridized carbons (Fsp3) is 0.294. The van der Waals surface area contributed by atoms with Crippen molar-refractivity contribution in [1.29, 1.82) is 0 Å². The van der Waals surface area contributed by atoms with Gasteiger partial charge in [-0.15, -0.1) is 0 Å². The second kappa shape index (κ2) is 6.20. The summed E-state index contributed by atoms with van der Waals surface area (Å²) in [6, 6.07) is 8.28. The van der Waals surface area contributed by atoms with Gasteiger partial charge in [-0.2, -0.15) is 9.97 Å². The molecule has 0 aliphatic carbocycles. The lowest BCUT2D eigenvalue weighted by molar-refractivity contribution is 0.225. The quantitative estimate of drug-likeness (QED) is 0.632. The van der Waals surface area contributed by atoms with Gasteiger partial charge in [-0.1, -0.05) is 18.2 Å². The van der Waals surface area contributed by atoms with E-state index in [0.717, 1.165) is 18.5 Å². The molecule has 1 aliphatic rings. The van der Waals surface area contributed by atoms with Crippen molar-refractivity contribution in [2.75, 3.05) is 23.7 Å². The smallest absolute Gasteiger partial charge is 0.226 e. The summed E-state index contributed by atoms with van der Waals surface area (Å²) in [5, 5.41) is 7.99. The van der Waals surface area contributed by atoms with Crippen LogP contribution in [0.25, 0.3) is 10.9 Å². The lowest BCUT2D eigenvalue weighted by atomic mass is 10.1. The van der Waals surface area contributed by atoms with E-state index in [9.17, 15) is 0 Å². The first-order chi connectivity index (χ1) is 11.7. The van der Waals surface area contributed by atoms with E-state index in [1.54, 1.807) is 0 Å². The van der Waals surface area contributed by atoms with Crippen molar-refractivity contribution in [1.82, 2.24) is 15.0 Å². The third-order valence-electron chi connectivity index (χ3n) is 4.08. The fourth-order valence-electron chi connectivity index (χ4n) is 2.91. The number of anilines is 2. The molecule has 3 N–H and O–H groups in total. The van der Waals surface area contributed by atoms with Crippen LogP contribution in [0.2, 0.25) is 5.28 Å². The van der Waals surface area contributed by atoms with Gasteiger partial charge < -0.3 is 20.4 Å². The topological polar surface area (TPSA) is 74.9 Å². The van der Waals surface area contributed by atoms with Crippen molar-refractivity contribution in [3.8, 4) is 5.75 Å². The van der Waals surface area contributed by atoms with Gasteiger partial charge in [0.15, 0.2) is 11.6 Å². The van der Waals surface area contributed by atoms with Gasteiger partial charge in [0, 0.05) is 23.6 Å². The molecule has 1 aliphatic heterocycles. The first kappa shape index (κ1) is 15.1. The van der Waals surface area contributed by atoms with Gasteiger partial charge in [-0.05, 0) is 36.6 Å². The minimum absolute atomic E-state index is 0.0662. The molecule has 2 aromatic heterocycles. The molecule has 0 unspecified atom stereocenters. The molecule has 0 radical (unpaired) electrons. The summed E-state index contributed by atoms with van der Waals surface area (Å²) in [5.74, 6) is 1.91. The lowest BCUT2D eigenvalue weighted by Crippen LogP contribution is -2.29. The summed E-state index contributed by atoms with van der Waals surface area (Å²) in [6.07, 6.45) is 2.98. The number of aromatic amines is 1. The molecule has 3 aromatic rings. The molecule has 1 atom stereocenters. The lowest BCUT2D eigenvalue weighted by Gasteiger charge is -2.25. The van der Waals surface area contributed by atoms with E-state index >= 15 is 0 Å². The van der Waals surface area contributed by atoms with Crippen molar-refractivity contribution < 1.29 is 4.74 Å². The molecule has 7 heteroatoms. The molecule has 24 heavy (non-hydrogen) atoms. The minimum Gasteiger partial charge on any atom is -0.482 e. The van der Waals surface area contributed by atoms with E-state index in [4.69, 9.17) is 16.3 Å². The van der Waals surface area contributed by atoms with E-state index in [1.807, 2.05) is 13.0 Å². The van der Waals surface area contributed by atoms with Gasteiger partial charge in [-0.3, -0.25) is 0 Å². The molecule has 0 amide bonds. The Morgan fingerprint density at radius 1 is 1.33 bits per heavy atom. The molecular weight excluding hydrogens is 326 g/mol. The number of ether oxygens (including phenoxy) is 1. The van der Waals surface area contributed by atoms with Crippen LogP contribution in [0, 0.1) is 0 Å². The maximum absolute atomic E-state index is 6.01. The summed E-state index contributed by atoms with van der Waals surface area (Å²) in [5.41, 5.74) is 2.41. The zero-order valence-corrected chi connectivity index (χ0v) is 14.0. The number of H-pyrrole nitrogens is 1. The molecular formula is C17H18ClN5O. The Kier molecular flexibility index (Phi) is 3.90. The van der Waals surface area contributed by atoms with E-state index in [-0.39, 0.29) is 11.4 Å². The molecule has 0 bridgehead atoms. The number of rotatable bonds is 4. The van der Waals surface area contributed by atoms with Crippen LogP contribution in [0.1, 0.15) is 12.5 Å². The summed E-state index contributed by atoms with van der Waals surface area (Å²) >= 11 is 6.01. The highest BCUT2D eigenvalue weighted by Crippen LogP contribution is 2.34. The molecule has 4 rings (SSSR count). The summed E-state index contributed by atoms with van der Waals surface area (Å²) in [6.45, 7) is 3.43. The standard InChI is InChI=1S/C17H18ClN5O/c1-10-8-21-16-14(24-10)15(22-17(18)23-16)19-7-6-11-9-20-13-5-3-2-4-12(11)13/h2-5,9-10,20H,6-8H2,1H3,(H2,19,21,22,23)/t10-/m0/s1. The first-order valence-electron chi connectivity index (χ1n) is 7.97. The average Bonchev–Trinajstić information content (AvgIpc) is 2.99. The first-order valence-corrected chi connectivity index (χ1v) is 8.35. The number of hydrogen-bond donors (Lipinski definition) is 3. The zero-order valence-electron chi connectivity index (χ0n) is 13.3. The van der Waals surface area contributed by atoms with Crippen LogP contribution in [-0.2, 0) is 6.42 Å². The van der Waals surface area contributed by atoms with E-state index in [2.05, 4.69) is 50.0 Å². The third kappa shape index (κ3) is 2.85. The van der Waals surface area contributed by atoms with Gasteiger partial charge in [0.25, 0.3) is 0 Å². The maximum Gasteiger partial charge on any atom is 0.226 e. The second-order valence-corrected chi connectivity index (χ2v) is 6.20. The van der Waals surface area contributed by atoms with Crippen LogP contribution >= 0.6 is 11.6 Å². The normalized spacial score (nSPS) is 16.3. The summed E-state index contributed by atoms with van der Waals surface area (Å²) < 4.78 is 5.86. The number of nitrogens with zero attached hydrogens (tertiary/aromatic N) is 2. The van der Waals surface area contributed by atoms with Gasteiger partial charge >= 0.3 is 0 Å². The molecule has 0 saturated heterocycles. The van der Waals surface area contributed by atoms with Crippen molar-refractivity contribution in [3.05, 3.63) is 41.3 Å². The van der Waals surface area contributed by atoms with Crippen LogP contribution in [0.15, 0.2) is 30.5 Å². The van der Waals surface area contributed by atoms with Crippen LogP contribution in [0.5, 0.6) is 5.75 Å². The minimum atomic E-state index is 0.0662. The van der Waals surface area contributed by atoms with Gasteiger partial charge in [0.2, 0.25) is 11.0 Å². The summed E-state index contributed by atoms with van der Waals surface area (Å²) in [4.78, 5) is 11.7. The number of benzene rings is 1. The average molecular weight is 344 g/mol. The molecule has 0 fully saturated rings. The zero-order chi connectivity index (χ0) is 16.5. The Labute approximate surface area is 144 Å². The molecule has 0 saturated carbocycles.